The molecular weight excluding hydrogens is 288 g/mol. The number of rotatable bonds is 3. The molecule has 0 aliphatic rings. The summed E-state index contributed by atoms with van der Waals surface area (Å²) in [5.74, 6) is 0. The molecule has 0 spiro atoms. The van der Waals surface area contributed by atoms with Crippen molar-refractivity contribution in [1.29, 1.82) is 0 Å². The van der Waals surface area contributed by atoms with E-state index in [1.54, 1.807) is 0 Å². The molecule has 0 atom stereocenters. The topological polar surface area (TPSA) is 0 Å². The summed E-state index contributed by atoms with van der Waals surface area (Å²) in [7, 11) is 0. The molecule has 1 heteroatoms. The van der Waals surface area contributed by atoms with Crippen LogP contribution in [0.25, 0.3) is 0 Å². The van der Waals surface area contributed by atoms with Gasteiger partial charge in [0, 0.05) is 0 Å². The molecule has 13 heavy (non-hydrogen) atoms. The van der Waals surface area contributed by atoms with Crippen LogP contribution in [0, 0.1) is 61.6 Å². The zero-order chi connectivity index (χ0) is 10.2. The molecule has 0 heterocycles. The predicted molar refractivity (Wildman–Crippen MR) is 60.8 cm³/mol. The maximum absolute atomic E-state index is 3.60. The Balaban J connectivity index is -0.0000000450. The second-order valence-corrected chi connectivity index (χ2v) is 2.56. The van der Waals surface area contributed by atoms with Crippen LogP contribution < -0.4 is 0 Å². The summed E-state index contributed by atoms with van der Waals surface area (Å²) in [6, 6.07) is 0. The summed E-state index contributed by atoms with van der Waals surface area (Å²) >= 11 is 0. The van der Waals surface area contributed by atoms with Crippen LogP contribution in [0.4, 0.5) is 0 Å². The molecule has 0 N–H and O–H groups in total. The standard InChI is InChI=1S/3C4H9.Nd/c3*1-3-4-2;/h3*1,3-4H2,2H3;/q3*-1;+3. The SMILES string of the molecule is [CH2-]CCC.[CH2-]CCC.[CH2-]CCC.[Nd+3]. The molecule has 0 saturated heterocycles. The van der Waals surface area contributed by atoms with E-state index < -0.39 is 0 Å². The van der Waals surface area contributed by atoms with E-state index in [-0.39, 0.29) is 40.8 Å². The van der Waals surface area contributed by atoms with Gasteiger partial charge in [-0.25, -0.2) is 0 Å². The molecule has 79 valence electrons. The van der Waals surface area contributed by atoms with E-state index in [1.807, 2.05) is 0 Å². The van der Waals surface area contributed by atoms with Crippen molar-refractivity contribution in [3.05, 3.63) is 20.8 Å². The van der Waals surface area contributed by atoms with Crippen molar-refractivity contribution in [2.75, 3.05) is 0 Å². The van der Waals surface area contributed by atoms with E-state index >= 15 is 0 Å². The molecule has 0 aromatic rings. The zero-order valence-electron chi connectivity index (χ0n) is 9.86. The molecule has 0 unspecified atom stereocenters. The first-order chi connectivity index (χ1) is 5.74. The first-order valence-corrected chi connectivity index (χ1v) is 5.12. The second kappa shape index (κ2) is 37.7. The van der Waals surface area contributed by atoms with E-state index in [9.17, 15) is 0 Å². The maximum atomic E-state index is 3.60. The molecule has 0 saturated carbocycles. The molecule has 0 bridgehead atoms. The van der Waals surface area contributed by atoms with Gasteiger partial charge in [-0.2, -0.15) is 19.3 Å². The number of hydrogen-bond donors (Lipinski definition) is 0. The van der Waals surface area contributed by atoms with Gasteiger partial charge in [-0.05, 0) is 0 Å². The van der Waals surface area contributed by atoms with Gasteiger partial charge in [0.15, 0.2) is 0 Å². The smallest absolute Gasteiger partial charge is 0.343 e. The summed E-state index contributed by atoms with van der Waals surface area (Å²) < 4.78 is 0. The van der Waals surface area contributed by atoms with E-state index in [0.29, 0.717) is 0 Å². The monoisotopic (exact) mass is 313 g/mol. The van der Waals surface area contributed by atoms with Crippen molar-refractivity contribution in [3.63, 3.8) is 0 Å². The summed E-state index contributed by atoms with van der Waals surface area (Å²) in [4.78, 5) is 0. The summed E-state index contributed by atoms with van der Waals surface area (Å²) in [5.41, 5.74) is 0. The zero-order valence-corrected chi connectivity index (χ0v) is 13.1. The maximum Gasteiger partial charge on any atom is 3.00 e. The fraction of sp³-hybridized carbons (Fsp3) is 0.750. The van der Waals surface area contributed by atoms with Crippen LogP contribution in [0.2, 0.25) is 0 Å². The minimum absolute atomic E-state index is 0. The summed E-state index contributed by atoms with van der Waals surface area (Å²) in [6.07, 6.45) is 6.83. The second-order valence-electron chi connectivity index (χ2n) is 2.56. The van der Waals surface area contributed by atoms with Gasteiger partial charge < -0.3 is 20.8 Å². The average molecular weight is 316 g/mol. The Morgan fingerprint density at radius 2 is 0.692 bits per heavy atom. The Bertz CT molecular complexity index is 20.6. The molecule has 0 aromatic carbocycles. The van der Waals surface area contributed by atoms with Crippen LogP contribution in [-0.2, 0) is 0 Å². The average Bonchev–Trinajstić information content (AvgIpc) is 2.18. The van der Waals surface area contributed by atoms with Crippen molar-refractivity contribution in [3.8, 4) is 0 Å². The molecule has 1 radical (unpaired) electrons. The van der Waals surface area contributed by atoms with Gasteiger partial charge in [0.05, 0.1) is 0 Å². The van der Waals surface area contributed by atoms with Gasteiger partial charge in [0.25, 0.3) is 0 Å². The van der Waals surface area contributed by atoms with Crippen molar-refractivity contribution in [2.45, 2.75) is 59.3 Å². The van der Waals surface area contributed by atoms with Gasteiger partial charge >= 0.3 is 40.8 Å². The minimum Gasteiger partial charge on any atom is -0.343 e. The predicted octanol–water partition coefficient (Wildman–Crippen LogP) is 4.86. The molecular formula is C12H27Nd. The van der Waals surface area contributed by atoms with Gasteiger partial charge in [-0.3, -0.25) is 0 Å². The molecule has 0 aliphatic carbocycles. The first-order valence-electron chi connectivity index (χ1n) is 5.12. The third kappa shape index (κ3) is 90.9. The van der Waals surface area contributed by atoms with Gasteiger partial charge in [0.1, 0.15) is 0 Å². The fourth-order valence-electron chi connectivity index (χ4n) is 0. The van der Waals surface area contributed by atoms with E-state index in [0.717, 1.165) is 19.3 Å². The van der Waals surface area contributed by atoms with Crippen LogP contribution in [0.1, 0.15) is 59.3 Å². The van der Waals surface area contributed by atoms with Gasteiger partial charge in [-0.15, -0.1) is 0 Å². The third-order valence-electron chi connectivity index (χ3n) is 1.06. The van der Waals surface area contributed by atoms with Crippen LogP contribution in [0.3, 0.4) is 0 Å². The molecule has 0 aliphatic heterocycles. The summed E-state index contributed by atoms with van der Waals surface area (Å²) in [6.45, 7) is 17.2. The van der Waals surface area contributed by atoms with Gasteiger partial charge in [0.2, 0.25) is 0 Å². The van der Waals surface area contributed by atoms with E-state index in [4.69, 9.17) is 0 Å². The molecule has 0 fully saturated rings. The van der Waals surface area contributed by atoms with Crippen molar-refractivity contribution in [2.24, 2.45) is 0 Å². The Kier molecular flexibility index (Phi) is 69.2. The number of unbranched alkanes of at least 4 members (excludes halogenated alkanes) is 3. The fourth-order valence-corrected chi connectivity index (χ4v) is 0. The molecule has 0 rings (SSSR count). The Morgan fingerprint density at radius 1 is 0.615 bits per heavy atom. The first kappa shape index (κ1) is 23.9. The quantitative estimate of drug-likeness (QED) is 0.652. The van der Waals surface area contributed by atoms with Crippen molar-refractivity contribution >= 4 is 0 Å². The number of hydrogen-bond acceptors (Lipinski definition) is 0. The molecule has 0 amide bonds. The van der Waals surface area contributed by atoms with Crippen molar-refractivity contribution < 1.29 is 40.8 Å². The van der Waals surface area contributed by atoms with Crippen LogP contribution in [-0.4, -0.2) is 0 Å². The largest absolute Gasteiger partial charge is 3.00 e. The Hall–Kier alpha value is 1.35. The van der Waals surface area contributed by atoms with E-state index in [1.165, 1.54) is 19.3 Å². The molecule has 0 nitrogen and oxygen atoms in total. The van der Waals surface area contributed by atoms with Gasteiger partial charge in [-0.1, -0.05) is 40.0 Å². The van der Waals surface area contributed by atoms with Crippen LogP contribution in [0.15, 0.2) is 0 Å². The minimum atomic E-state index is 0. The van der Waals surface area contributed by atoms with Crippen LogP contribution >= 0.6 is 0 Å². The van der Waals surface area contributed by atoms with E-state index in [2.05, 4.69) is 41.5 Å². The Morgan fingerprint density at radius 3 is 0.692 bits per heavy atom. The van der Waals surface area contributed by atoms with Crippen LogP contribution in [0.5, 0.6) is 0 Å². The molecule has 0 aromatic heterocycles. The Labute approximate surface area is 120 Å². The third-order valence-corrected chi connectivity index (χ3v) is 1.06. The van der Waals surface area contributed by atoms with Crippen molar-refractivity contribution in [1.82, 2.24) is 0 Å². The normalized spacial score (nSPS) is 6.92. The summed E-state index contributed by atoms with van der Waals surface area (Å²) in [5, 5.41) is 0.